The molecular weight excluding hydrogens is 434 g/mol. The molecule has 8 nitrogen and oxygen atoms in total. The van der Waals surface area contributed by atoms with E-state index >= 15 is 0 Å². The normalized spacial score (nSPS) is 20.0. The fraction of sp³-hybridized carbons (Fsp3) is 0.423. The molecule has 0 aliphatic carbocycles. The van der Waals surface area contributed by atoms with Crippen LogP contribution in [0.15, 0.2) is 42.5 Å². The van der Waals surface area contributed by atoms with Gasteiger partial charge < -0.3 is 19.7 Å². The quantitative estimate of drug-likeness (QED) is 0.643. The zero-order valence-electron chi connectivity index (χ0n) is 20.1. The summed E-state index contributed by atoms with van der Waals surface area (Å²) in [4.78, 5) is 42.3. The summed E-state index contributed by atoms with van der Waals surface area (Å²) in [6.45, 7) is 6.20. The first-order chi connectivity index (χ1) is 16.3. The summed E-state index contributed by atoms with van der Waals surface area (Å²) in [6, 6.07) is 12.3. The number of amides is 3. The SMILES string of the molecule is CCCOc1ccc(C(C)NC(=O)CN2C(=O)c3ccccc3N3C(=O)CCC23C)cc1OC. The summed E-state index contributed by atoms with van der Waals surface area (Å²) < 4.78 is 11.2. The standard InChI is InChI=1S/C26H31N3O5/c1-5-14-34-21-11-10-18(15-22(21)33-4)17(2)27-23(30)16-28-25(32)19-8-6-7-9-20(19)29-24(31)12-13-26(28,29)3/h6-11,15,17H,5,12-14,16H2,1-4H3,(H,27,30). The Bertz CT molecular complexity index is 1120. The second-order valence-electron chi connectivity index (χ2n) is 8.90. The summed E-state index contributed by atoms with van der Waals surface area (Å²) >= 11 is 0. The van der Waals surface area contributed by atoms with Crippen LogP contribution in [-0.4, -0.2) is 48.5 Å². The maximum Gasteiger partial charge on any atom is 0.258 e. The van der Waals surface area contributed by atoms with Crippen LogP contribution in [0.3, 0.4) is 0 Å². The van der Waals surface area contributed by atoms with Crippen LogP contribution in [0.2, 0.25) is 0 Å². The number of hydrogen-bond acceptors (Lipinski definition) is 5. The molecule has 0 saturated carbocycles. The molecule has 4 rings (SSSR count). The summed E-state index contributed by atoms with van der Waals surface area (Å²) in [5, 5.41) is 2.98. The maximum atomic E-state index is 13.3. The first-order valence-electron chi connectivity index (χ1n) is 11.6. The Labute approximate surface area is 199 Å². The summed E-state index contributed by atoms with van der Waals surface area (Å²) in [7, 11) is 1.58. The lowest BCUT2D eigenvalue weighted by atomic mass is 9.98. The second-order valence-corrected chi connectivity index (χ2v) is 8.90. The molecule has 0 spiro atoms. The molecule has 3 amide bonds. The fourth-order valence-electron chi connectivity index (χ4n) is 4.74. The van der Waals surface area contributed by atoms with Crippen molar-refractivity contribution in [2.45, 2.75) is 51.7 Å². The van der Waals surface area contributed by atoms with Crippen molar-refractivity contribution in [1.29, 1.82) is 0 Å². The van der Waals surface area contributed by atoms with Crippen LogP contribution in [-0.2, 0) is 9.59 Å². The van der Waals surface area contributed by atoms with Gasteiger partial charge in [0.25, 0.3) is 5.91 Å². The number of hydrogen-bond donors (Lipinski definition) is 1. The zero-order valence-corrected chi connectivity index (χ0v) is 20.1. The topological polar surface area (TPSA) is 88.2 Å². The summed E-state index contributed by atoms with van der Waals surface area (Å²) in [6.07, 6.45) is 1.70. The van der Waals surface area contributed by atoms with Crippen molar-refractivity contribution >= 4 is 23.4 Å². The minimum Gasteiger partial charge on any atom is -0.493 e. The lowest BCUT2D eigenvalue weighted by molar-refractivity contribution is -0.124. The second kappa shape index (κ2) is 9.37. The van der Waals surface area contributed by atoms with Gasteiger partial charge in [0.15, 0.2) is 11.5 Å². The Morgan fingerprint density at radius 2 is 1.94 bits per heavy atom. The number of ether oxygens (including phenoxy) is 2. The first kappa shape index (κ1) is 23.6. The maximum absolute atomic E-state index is 13.3. The first-order valence-corrected chi connectivity index (χ1v) is 11.6. The predicted molar refractivity (Wildman–Crippen MR) is 128 cm³/mol. The molecule has 2 aliphatic heterocycles. The highest BCUT2D eigenvalue weighted by molar-refractivity contribution is 6.11. The number of nitrogens with one attached hydrogen (secondary N) is 1. The molecule has 2 atom stereocenters. The van der Waals surface area contributed by atoms with E-state index in [0.717, 1.165) is 12.0 Å². The number of anilines is 1. The third-order valence-corrected chi connectivity index (χ3v) is 6.57. The van der Waals surface area contributed by atoms with Crippen molar-refractivity contribution in [2.24, 2.45) is 0 Å². The van der Waals surface area contributed by atoms with Crippen molar-refractivity contribution in [3.05, 3.63) is 53.6 Å². The Morgan fingerprint density at radius 1 is 1.18 bits per heavy atom. The van der Waals surface area contributed by atoms with Gasteiger partial charge >= 0.3 is 0 Å². The van der Waals surface area contributed by atoms with Gasteiger partial charge in [-0.05, 0) is 56.5 Å². The third kappa shape index (κ3) is 4.08. The molecule has 180 valence electrons. The van der Waals surface area contributed by atoms with Crippen LogP contribution in [0.1, 0.15) is 62.0 Å². The van der Waals surface area contributed by atoms with E-state index in [1.807, 2.05) is 45.0 Å². The van der Waals surface area contributed by atoms with Crippen LogP contribution >= 0.6 is 0 Å². The van der Waals surface area contributed by atoms with Crippen molar-refractivity contribution in [1.82, 2.24) is 10.2 Å². The fourth-order valence-corrected chi connectivity index (χ4v) is 4.74. The molecule has 2 aliphatic rings. The molecule has 0 radical (unpaired) electrons. The number of carbonyl (C=O) groups is 3. The van der Waals surface area contributed by atoms with E-state index < -0.39 is 5.66 Å². The molecule has 8 heteroatoms. The van der Waals surface area contributed by atoms with E-state index in [-0.39, 0.29) is 30.3 Å². The van der Waals surface area contributed by atoms with Crippen LogP contribution < -0.4 is 19.7 Å². The predicted octanol–water partition coefficient (Wildman–Crippen LogP) is 3.66. The van der Waals surface area contributed by atoms with E-state index in [4.69, 9.17) is 9.47 Å². The van der Waals surface area contributed by atoms with Crippen molar-refractivity contribution in [3.8, 4) is 11.5 Å². The van der Waals surface area contributed by atoms with Gasteiger partial charge in [0.2, 0.25) is 11.8 Å². The molecule has 1 N–H and O–H groups in total. The Balaban J connectivity index is 1.52. The van der Waals surface area contributed by atoms with Crippen LogP contribution in [0.4, 0.5) is 5.69 Å². The highest BCUT2D eigenvalue weighted by atomic mass is 16.5. The van der Waals surface area contributed by atoms with Gasteiger partial charge in [-0.15, -0.1) is 0 Å². The molecule has 2 aromatic rings. The number of methoxy groups -OCH3 is 1. The zero-order chi connectivity index (χ0) is 24.5. The molecule has 2 aromatic carbocycles. The molecular formula is C26H31N3O5. The number of nitrogens with zero attached hydrogens (tertiary/aromatic N) is 2. The number of para-hydroxylation sites is 1. The molecule has 1 saturated heterocycles. The number of benzene rings is 2. The van der Waals surface area contributed by atoms with Crippen molar-refractivity contribution in [2.75, 3.05) is 25.2 Å². The van der Waals surface area contributed by atoms with Gasteiger partial charge in [-0.3, -0.25) is 19.3 Å². The van der Waals surface area contributed by atoms with Crippen LogP contribution in [0.25, 0.3) is 0 Å². The van der Waals surface area contributed by atoms with Gasteiger partial charge in [0, 0.05) is 6.42 Å². The van der Waals surface area contributed by atoms with E-state index in [9.17, 15) is 14.4 Å². The lowest BCUT2D eigenvalue weighted by Crippen LogP contribution is -2.63. The van der Waals surface area contributed by atoms with Crippen LogP contribution in [0, 0.1) is 0 Å². The Kier molecular flexibility index (Phi) is 6.50. The molecule has 34 heavy (non-hydrogen) atoms. The number of fused-ring (bicyclic) bond motifs is 3. The highest BCUT2D eigenvalue weighted by Crippen LogP contribution is 2.43. The van der Waals surface area contributed by atoms with Gasteiger partial charge in [0.1, 0.15) is 12.2 Å². The minimum atomic E-state index is -0.870. The average molecular weight is 466 g/mol. The molecule has 2 unspecified atom stereocenters. The Morgan fingerprint density at radius 3 is 2.68 bits per heavy atom. The van der Waals surface area contributed by atoms with Gasteiger partial charge in [-0.25, -0.2) is 0 Å². The lowest BCUT2D eigenvalue weighted by Gasteiger charge is -2.48. The Hall–Kier alpha value is -3.55. The minimum absolute atomic E-state index is 0.0429. The van der Waals surface area contributed by atoms with Gasteiger partial charge in [0.05, 0.1) is 31.0 Å². The molecule has 0 bridgehead atoms. The molecule has 1 fully saturated rings. The number of rotatable bonds is 8. The van der Waals surface area contributed by atoms with Crippen molar-refractivity contribution in [3.63, 3.8) is 0 Å². The van der Waals surface area contributed by atoms with Gasteiger partial charge in [-0.2, -0.15) is 0 Å². The van der Waals surface area contributed by atoms with Crippen molar-refractivity contribution < 1.29 is 23.9 Å². The summed E-state index contributed by atoms with van der Waals surface area (Å²) in [5.41, 5.74) is 1.03. The van der Waals surface area contributed by atoms with Gasteiger partial charge in [-0.1, -0.05) is 25.1 Å². The third-order valence-electron chi connectivity index (χ3n) is 6.57. The number of carbonyl (C=O) groups excluding carboxylic acids is 3. The van der Waals surface area contributed by atoms with E-state index in [0.29, 0.717) is 42.2 Å². The van der Waals surface area contributed by atoms with E-state index in [2.05, 4.69) is 5.32 Å². The van der Waals surface area contributed by atoms with Crippen LogP contribution in [0.5, 0.6) is 11.5 Å². The largest absolute Gasteiger partial charge is 0.493 e. The van der Waals surface area contributed by atoms with E-state index in [1.54, 1.807) is 30.2 Å². The summed E-state index contributed by atoms with van der Waals surface area (Å²) in [5.74, 6) is 0.668. The highest BCUT2D eigenvalue weighted by Gasteiger charge is 2.53. The monoisotopic (exact) mass is 465 g/mol. The molecule has 2 heterocycles. The smallest absolute Gasteiger partial charge is 0.258 e. The average Bonchev–Trinajstić information content (AvgIpc) is 3.15. The molecule has 0 aromatic heterocycles. The van der Waals surface area contributed by atoms with E-state index in [1.165, 1.54) is 4.90 Å².